The maximum absolute atomic E-state index is 12.5. The Morgan fingerprint density at radius 1 is 1.07 bits per heavy atom. The van der Waals surface area contributed by atoms with E-state index in [1.165, 1.54) is 11.3 Å². The van der Waals surface area contributed by atoms with E-state index in [4.69, 9.17) is 9.47 Å². The number of aromatic nitrogens is 1. The molecule has 3 rings (SSSR count). The summed E-state index contributed by atoms with van der Waals surface area (Å²) in [6, 6.07) is 14.7. The van der Waals surface area contributed by atoms with Crippen LogP contribution in [-0.4, -0.2) is 36.0 Å². The third-order valence-electron chi connectivity index (χ3n) is 3.83. The van der Waals surface area contributed by atoms with Crippen LogP contribution in [0.3, 0.4) is 0 Å². The van der Waals surface area contributed by atoms with Gasteiger partial charge in [-0.25, -0.2) is 4.98 Å². The minimum atomic E-state index is -0.0551. The van der Waals surface area contributed by atoms with Crippen LogP contribution < -0.4 is 9.47 Å². The van der Waals surface area contributed by atoms with Gasteiger partial charge in [-0.05, 0) is 48.5 Å². The number of halogens is 1. The summed E-state index contributed by atoms with van der Waals surface area (Å²) in [6.07, 6.45) is 0. The topological polar surface area (TPSA) is 51.7 Å². The number of likely N-dealkylation sites (N-methyl/N-ethyl adjacent to an activating group) is 1. The number of rotatable bonds is 8. The van der Waals surface area contributed by atoms with Gasteiger partial charge in [0.05, 0.1) is 17.7 Å². The molecule has 1 amide bonds. The van der Waals surface area contributed by atoms with Crippen LogP contribution in [0.4, 0.5) is 0 Å². The van der Waals surface area contributed by atoms with Gasteiger partial charge in [-0.1, -0.05) is 15.9 Å². The summed E-state index contributed by atoms with van der Waals surface area (Å²) < 4.78 is 12.3. The second kappa shape index (κ2) is 9.53. The molecule has 0 fully saturated rings. The molecule has 27 heavy (non-hydrogen) atoms. The summed E-state index contributed by atoms with van der Waals surface area (Å²) in [4.78, 5) is 18.3. The molecule has 0 unspecified atom stereocenters. The maximum atomic E-state index is 12.5. The molecular weight excluding hydrogens is 428 g/mol. The first kappa shape index (κ1) is 19.4. The van der Waals surface area contributed by atoms with Crippen LogP contribution in [-0.2, 0) is 6.61 Å². The Morgan fingerprint density at radius 2 is 1.74 bits per heavy atom. The van der Waals surface area contributed by atoms with Crippen molar-refractivity contribution in [2.75, 3.05) is 20.2 Å². The molecule has 2 aromatic carbocycles. The number of ether oxygens (including phenoxy) is 2. The summed E-state index contributed by atoms with van der Waals surface area (Å²) in [7, 11) is 1.76. The molecule has 0 N–H and O–H groups in total. The lowest BCUT2D eigenvalue weighted by atomic mass is 10.2. The Hall–Kier alpha value is -2.38. The van der Waals surface area contributed by atoms with Crippen molar-refractivity contribution >= 4 is 33.2 Å². The molecule has 1 aromatic heterocycles. The van der Waals surface area contributed by atoms with E-state index in [1.807, 2.05) is 29.6 Å². The third kappa shape index (κ3) is 5.80. The van der Waals surface area contributed by atoms with Crippen molar-refractivity contribution in [3.63, 3.8) is 0 Å². The first-order valence-electron chi connectivity index (χ1n) is 8.35. The van der Waals surface area contributed by atoms with Crippen LogP contribution in [0.15, 0.2) is 63.9 Å². The predicted octanol–water partition coefficient (Wildman–Crippen LogP) is 4.64. The lowest BCUT2D eigenvalue weighted by Gasteiger charge is -2.18. The molecular formula is C20H19BrN2O3S. The zero-order valence-electron chi connectivity index (χ0n) is 14.8. The fourth-order valence-electron chi connectivity index (χ4n) is 2.31. The minimum Gasteiger partial charge on any atom is -0.492 e. The van der Waals surface area contributed by atoms with E-state index < -0.39 is 0 Å². The highest BCUT2D eigenvalue weighted by Gasteiger charge is 2.12. The van der Waals surface area contributed by atoms with Crippen molar-refractivity contribution < 1.29 is 14.3 Å². The standard InChI is InChI=1S/C20H19BrN2O3S/c1-23(10-11-25-18-8-4-16(21)5-9-18)20(24)15-2-6-19(7-3-15)26-12-17-13-27-14-22-17/h2-9,13-14H,10-12H2,1H3. The number of amides is 1. The van der Waals surface area contributed by atoms with Crippen LogP contribution in [0.5, 0.6) is 11.5 Å². The van der Waals surface area contributed by atoms with Gasteiger partial charge < -0.3 is 14.4 Å². The van der Waals surface area contributed by atoms with Crippen molar-refractivity contribution in [2.24, 2.45) is 0 Å². The Kier molecular flexibility index (Phi) is 6.84. The Morgan fingerprint density at radius 3 is 2.41 bits per heavy atom. The number of hydrogen-bond donors (Lipinski definition) is 0. The van der Waals surface area contributed by atoms with Gasteiger partial charge in [0.2, 0.25) is 0 Å². The number of carbonyl (C=O) groups is 1. The van der Waals surface area contributed by atoms with Crippen LogP contribution in [0.2, 0.25) is 0 Å². The molecule has 0 saturated heterocycles. The summed E-state index contributed by atoms with van der Waals surface area (Å²) in [5, 5.41) is 1.95. The van der Waals surface area contributed by atoms with Crippen LogP contribution in [0, 0.1) is 0 Å². The average Bonchev–Trinajstić information content (AvgIpc) is 3.21. The zero-order valence-corrected chi connectivity index (χ0v) is 17.2. The van der Waals surface area contributed by atoms with Gasteiger partial charge in [0.25, 0.3) is 5.91 Å². The highest BCUT2D eigenvalue weighted by atomic mass is 79.9. The molecule has 0 saturated carbocycles. The number of thiazole rings is 1. The lowest BCUT2D eigenvalue weighted by molar-refractivity contribution is 0.0773. The van der Waals surface area contributed by atoms with Crippen molar-refractivity contribution in [3.05, 3.63) is 75.2 Å². The average molecular weight is 447 g/mol. The Bertz CT molecular complexity index is 852. The van der Waals surface area contributed by atoms with Gasteiger partial charge in [0.1, 0.15) is 24.7 Å². The van der Waals surface area contributed by atoms with E-state index in [-0.39, 0.29) is 5.91 Å². The van der Waals surface area contributed by atoms with Gasteiger partial charge in [-0.3, -0.25) is 4.79 Å². The largest absolute Gasteiger partial charge is 0.492 e. The molecule has 0 aliphatic carbocycles. The minimum absolute atomic E-state index is 0.0551. The van der Waals surface area contributed by atoms with Crippen molar-refractivity contribution in [2.45, 2.75) is 6.61 Å². The monoisotopic (exact) mass is 446 g/mol. The quantitative estimate of drug-likeness (QED) is 0.505. The smallest absolute Gasteiger partial charge is 0.253 e. The van der Waals surface area contributed by atoms with Crippen LogP contribution in [0.25, 0.3) is 0 Å². The van der Waals surface area contributed by atoms with Crippen molar-refractivity contribution in [1.29, 1.82) is 0 Å². The molecule has 3 aromatic rings. The van der Waals surface area contributed by atoms with Gasteiger partial charge in [-0.15, -0.1) is 11.3 Å². The molecule has 0 aliphatic rings. The fraction of sp³-hybridized carbons (Fsp3) is 0.200. The molecule has 0 bridgehead atoms. The summed E-state index contributed by atoms with van der Waals surface area (Å²) >= 11 is 4.92. The highest BCUT2D eigenvalue weighted by Crippen LogP contribution is 2.17. The Balaban J connectivity index is 1.46. The number of carbonyl (C=O) groups excluding carboxylic acids is 1. The molecule has 1 heterocycles. The highest BCUT2D eigenvalue weighted by molar-refractivity contribution is 9.10. The SMILES string of the molecule is CN(CCOc1ccc(Br)cc1)C(=O)c1ccc(OCc2cscn2)cc1. The molecule has 5 nitrogen and oxygen atoms in total. The van der Waals surface area contributed by atoms with Gasteiger partial charge in [0, 0.05) is 22.5 Å². The van der Waals surface area contributed by atoms with Crippen LogP contribution in [0.1, 0.15) is 16.1 Å². The summed E-state index contributed by atoms with van der Waals surface area (Å²) in [5.74, 6) is 1.43. The lowest BCUT2D eigenvalue weighted by Crippen LogP contribution is -2.30. The van der Waals surface area contributed by atoms with Gasteiger partial charge in [0.15, 0.2) is 0 Å². The molecule has 0 atom stereocenters. The van der Waals surface area contributed by atoms with Crippen molar-refractivity contribution in [1.82, 2.24) is 9.88 Å². The first-order chi connectivity index (χ1) is 13.1. The zero-order chi connectivity index (χ0) is 19.1. The Labute approximate surface area is 170 Å². The van der Waals surface area contributed by atoms with E-state index in [9.17, 15) is 4.79 Å². The van der Waals surface area contributed by atoms with Gasteiger partial charge in [-0.2, -0.15) is 0 Å². The number of benzene rings is 2. The second-order valence-corrected chi connectivity index (χ2v) is 7.46. The van der Waals surface area contributed by atoms with E-state index in [1.54, 1.807) is 41.7 Å². The van der Waals surface area contributed by atoms with E-state index >= 15 is 0 Å². The maximum Gasteiger partial charge on any atom is 0.253 e. The summed E-state index contributed by atoms with van der Waals surface area (Å²) in [5.41, 5.74) is 3.28. The van der Waals surface area contributed by atoms with Crippen LogP contribution >= 0.6 is 27.3 Å². The molecule has 0 spiro atoms. The third-order valence-corrected chi connectivity index (χ3v) is 4.99. The summed E-state index contributed by atoms with van der Waals surface area (Å²) in [6.45, 7) is 1.35. The van der Waals surface area contributed by atoms with E-state index in [0.29, 0.717) is 31.1 Å². The predicted molar refractivity (Wildman–Crippen MR) is 109 cm³/mol. The molecule has 0 radical (unpaired) electrons. The molecule has 0 aliphatic heterocycles. The molecule has 7 heteroatoms. The normalized spacial score (nSPS) is 10.4. The molecule has 140 valence electrons. The number of hydrogen-bond acceptors (Lipinski definition) is 5. The second-order valence-electron chi connectivity index (χ2n) is 5.82. The van der Waals surface area contributed by atoms with E-state index in [2.05, 4.69) is 20.9 Å². The van der Waals surface area contributed by atoms with Crippen molar-refractivity contribution in [3.8, 4) is 11.5 Å². The van der Waals surface area contributed by atoms with E-state index in [0.717, 1.165) is 15.9 Å². The first-order valence-corrected chi connectivity index (χ1v) is 10.1. The van der Waals surface area contributed by atoms with Gasteiger partial charge >= 0.3 is 0 Å². The fourth-order valence-corrected chi connectivity index (χ4v) is 3.12. The number of nitrogens with zero attached hydrogens (tertiary/aromatic N) is 2.